The van der Waals surface area contributed by atoms with Gasteiger partial charge in [-0.05, 0) is 55.3 Å². The van der Waals surface area contributed by atoms with E-state index in [1.807, 2.05) is 13.0 Å². The first-order valence-electron chi connectivity index (χ1n) is 6.60. The Morgan fingerprint density at radius 3 is 2.24 bits per heavy atom. The summed E-state index contributed by atoms with van der Waals surface area (Å²) in [5, 5.41) is 3.22. The van der Waals surface area contributed by atoms with Crippen molar-refractivity contribution in [1.29, 1.82) is 0 Å². The van der Waals surface area contributed by atoms with Crippen molar-refractivity contribution < 1.29 is 12.8 Å². The summed E-state index contributed by atoms with van der Waals surface area (Å²) in [4.78, 5) is 0.280. The lowest BCUT2D eigenvalue weighted by molar-refractivity contribution is 0.602. The van der Waals surface area contributed by atoms with Crippen LogP contribution in [0, 0.1) is 12.7 Å². The van der Waals surface area contributed by atoms with E-state index >= 15 is 0 Å². The fraction of sp³-hybridized carbons (Fsp3) is 0.250. The molecule has 1 unspecified atom stereocenters. The smallest absolute Gasteiger partial charge is 0.175 e. The molecule has 2 aromatic rings. The van der Waals surface area contributed by atoms with Gasteiger partial charge in [0, 0.05) is 18.0 Å². The molecule has 1 atom stereocenters. The predicted octanol–water partition coefficient (Wildman–Crippen LogP) is 3.71. The minimum absolute atomic E-state index is 0.0795. The van der Waals surface area contributed by atoms with E-state index in [2.05, 4.69) is 5.32 Å². The fourth-order valence-electron chi connectivity index (χ4n) is 2.01. The molecule has 0 saturated heterocycles. The number of rotatable bonds is 4. The Hall–Kier alpha value is -1.88. The van der Waals surface area contributed by atoms with Crippen molar-refractivity contribution in [2.45, 2.75) is 24.8 Å². The van der Waals surface area contributed by atoms with Crippen LogP contribution in [-0.4, -0.2) is 14.7 Å². The Morgan fingerprint density at radius 1 is 1.10 bits per heavy atom. The number of halogens is 1. The van der Waals surface area contributed by atoms with E-state index in [0.29, 0.717) is 5.56 Å². The number of anilines is 1. The van der Waals surface area contributed by atoms with E-state index in [-0.39, 0.29) is 16.8 Å². The van der Waals surface area contributed by atoms with Crippen LogP contribution in [0.2, 0.25) is 0 Å². The molecule has 21 heavy (non-hydrogen) atoms. The monoisotopic (exact) mass is 307 g/mol. The lowest BCUT2D eigenvalue weighted by atomic mass is 10.1. The number of hydrogen-bond donors (Lipinski definition) is 1. The van der Waals surface area contributed by atoms with E-state index in [0.717, 1.165) is 11.3 Å². The largest absolute Gasteiger partial charge is 0.379 e. The molecule has 112 valence electrons. The highest BCUT2D eigenvalue weighted by Crippen LogP contribution is 2.22. The average molecular weight is 307 g/mol. The van der Waals surface area contributed by atoms with Gasteiger partial charge in [0.25, 0.3) is 0 Å². The summed E-state index contributed by atoms with van der Waals surface area (Å²) in [6.07, 6.45) is 1.17. The minimum Gasteiger partial charge on any atom is -0.379 e. The molecule has 0 saturated carbocycles. The zero-order chi connectivity index (χ0) is 15.6. The SMILES string of the molecule is Cc1ccc(C(C)Nc2ccc(S(C)(=O)=O)cc2)cc1F. The molecule has 0 bridgehead atoms. The first-order valence-corrected chi connectivity index (χ1v) is 8.49. The van der Waals surface area contributed by atoms with Gasteiger partial charge < -0.3 is 5.32 Å². The maximum Gasteiger partial charge on any atom is 0.175 e. The maximum absolute atomic E-state index is 13.6. The molecule has 3 nitrogen and oxygen atoms in total. The highest BCUT2D eigenvalue weighted by molar-refractivity contribution is 7.90. The van der Waals surface area contributed by atoms with Crippen LogP contribution in [0.4, 0.5) is 10.1 Å². The third kappa shape index (κ3) is 3.82. The molecule has 2 aromatic carbocycles. The van der Waals surface area contributed by atoms with Gasteiger partial charge in [-0.15, -0.1) is 0 Å². The quantitative estimate of drug-likeness (QED) is 0.936. The summed E-state index contributed by atoms with van der Waals surface area (Å²) in [5.41, 5.74) is 2.24. The van der Waals surface area contributed by atoms with Crippen LogP contribution in [0.1, 0.15) is 24.1 Å². The Bertz CT molecular complexity index is 739. The van der Waals surface area contributed by atoms with Crippen LogP contribution in [0.5, 0.6) is 0 Å². The Kier molecular flexibility index (Phi) is 4.32. The number of hydrogen-bond acceptors (Lipinski definition) is 3. The van der Waals surface area contributed by atoms with E-state index < -0.39 is 9.84 Å². The lowest BCUT2D eigenvalue weighted by Crippen LogP contribution is -2.07. The molecule has 0 spiro atoms. The molecule has 0 aliphatic carbocycles. The second-order valence-corrected chi connectivity index (χ2v) is 7.19. The maximum atomic E-state index is 13.6. The van der Waals surface area contributed by atoms with Crippen molar-refractivity contribution in [1.82, 2.24) is 0 Å². The van der Waals surface area contributed by atoms with Crippen LogP contribution >= 0.6 is 0 Å². The number of sulfone groups is 1. The predicted molar refractivity (Wildman–Crippen MR) is 82.7 cm³/mol. The van der Waals surface area contributed by atoms with Gasteiger partial charge in [0.05, 0.1) is 4.90 Å². The molecule has 5 heteroatoms. The fourth-order valence-corrected chi connectivity index (χ4v) is 2.64. The van der Waals surface area contributed by atoms with E-state index in [1.54, 1.807) is 37.3 Å². The molecule has 1 N–H and O–H groups in total. The topological polar surface area (TPSA) is 46.2 Å². The lowest BCUT2D eigenvalue weighted by Gasteiger charge is -2.16. The molecule has 0 radical (unpaired) electrons. The second-order valence-electron chi connectivity index (χ2n) is 5.17. The van der Waals surface area contributed by atoms with Crippen molar-refractivity contribution in [2.24, 2.45) is 0 Å². The number of benzene rings is 2. The molecule has 2 rings (SSSR count). The van der Waals surface area contributed by atoms with Crippen LogP contribution in [0.3, 0.4) is 0 Å². The van der Waals surface area contributed by atoms with Crippen molar-refractivity contribution in [3.8, 4) is 0 Å². The second kappa shape index (κ2) is 5.85. The first-order chi connectivity index (χ1) is 9.77. The molecule has 0 amide bonds. The van der Waals surface area contributed by atoms with Gasteiger partial charge >= 0.3 is 0 Å². The van der Waals surface area contributed by atoms with Crippen LogP contribution in [-0.2, 0) is 9.84 Å². The van der Waals surface area contributed by atoms with Crippen LogP contribution < -0.4 is 5.32 Å². The molecular formula is C16H18FNO2S. The van der Waals surface area contributed by atoms with E-state index in [9.17, 15) is 12.8 Å². The third-order valence-electron chi connectivity index (χ3n) is 3.36. The molecular weight excluding hydrogens is 289 g/mol. The zero-order valence-corrected chi connectivity index (χ0v) is 13.0. The van der Waals surface area contributed by atoms with Gasteiger partial charge in [-0.1, -0.05) is 12.1 Å². The van der Waals surface area contributed by atoms with E-state index in [4.69, 9.17) is 0 Å². The van der Waals surface area contributed by atoms with E-state index in [1.165, 1.54) is 12.3 Å². The Balaban J connectivity index is 2.15. The summed E-state index contributed by atoms with van der Waals surface area (Å²) in [6, 6.07) is 11.6. The third-order valence-corrected chi connectivity index (χ3v) is 4.49. The zero-order valence-electron chi connectivity index (χ0n) is 12.2. The van der Waals surface area contributed by atoms with Crippen LogP contribution in [0.15, 0.2) is 47.4 Å². The molecule has 0 heterocycles. The van der Waals surface area contributed by atoms with Crippen LogP contribution in [0.25, 0.3) is 0 Å². The molecule has 0 aliphatic heterocycles. The Morgan fingerprint density at radius 2 is 1.71 bits per heavy atom. The van der Waals surface area contributed by atoms with Crippen molar-refractivity contribution >= 4 is 15.5 Å². The summed E-state index contributed by atoms with van der Waals surface area (Å²) >= 11 is 0. The highest BCUT2D eigenvalue weighted by Gasteiger charge is 2.09. The van der Waals surface area contributed by atoms with Gasteiger partial charge in [-0.3, -0.25) is 0 Å². The molecule has 0 aromatic heterocycles. The van der Waals surface area contributed by atoms with Crippen molar-refractivity contribution in [2.75, 3.05) is 11.6 Å². The van der Waals surface area contributed by atoms with Crippen molar-refractivity contribution in [3.05, 3.63) is 59.4 Å². The van der Waals surface area contributed by atoms with Gasteiger partial charge in [0.15, 0.2) is 9.84 Å². The summed E-state index contributed by atoms with van der Waals surface area (Å²) < 4.78 is 36.4. The Labute approximate surface area is 124 Å². The number of aryl methyl sites for hydroxylation is 1. The summed E-state index contributed by atoms with van der Waals surface area (Å²) in [7, 11) is -3.19. The van der Waals surface area contributed by atoms with Gasteiger partial charge in [0.2, 0.25) is 0 Å². The molecule has 0 aliphatic rings. The summed E-state index contributed by atoms with van der Waals surface area (Å²) in [6.45, 7) is 3.65. The first kappa shape index (κ1) is 15.5. The minimum atomic E-state index is -3.19. The standard InChI is InChI=1S/C16H18FNO2S/c1-11-4-5-13(10-16(11)17)12(2)18-14-6-8-15(9-7-14)21(3,19)20/h4-10,12,18H,1-3H3. The summed E-state index contributed by atoms with van der Waals surface area (Å²) in [5.74, 6) is -0.228. The normalized spacial score (nSPS) is 13.0. The number of nitrogens with one attached hydrogen (secondary N) is 1. The molecule has 0 fully saturated rings. The van der Waals surface area contributed by atoms with Gasteiger partial charge in [0.1, 0.15) is 5.82 Å². The van der Waals surface area contributed by atoms with Gasteiger partial charge in [-0.2, -0.15) is 0 Å². The average Bonchev–Trinajstić information content (AvgIpc) is 2.41. The van der Waals surface area contributed by atoms with Gasteiger partial charge in [-0.25, -0.2) is 12.8 Å². The van der Waals surface area contributed by atoms with Crippen molar-refractivity contribution in [3.63, 3.8) is 0 Å². The highest BCUT2D eigenvalue weighted by atomic mass is 32.2.